The van der Waals surface area contributed by atoms with Crippen molar-refractivity contribution in [2.75, 3.05) is 13.2 Å². The second kappa shape index (κ2) is 49.2. The maximum atomic E-state index is 13.0. The average Bonchev–Trinajstić information content (AvgIpc) is 3.36. The maximum Gasteiger partial charge on any atom is 0.220 e. The number of carbonyl (C=O) groups is 1. The van der Waals surface area contributed by atoms with Crippen LogP contribution in [-0.2, 0) is 14.3 Å². The number of hydrogen-bond acceptors (Lipinski definition) is 8. The topological polar surface area (TPSA) is 149 Å². The number of unbranched alkanes of at least 4 members (excludes halogenated alkanes) is 17. The first-order valence-electron chi connectivity index (χ1n) is 27.8. The van der Waals surface area contributed by atoms with E-state index >= 15 is 0 Å². The number of amides is 1. The third kappa shape index (κ3) is 38.3. The number of carbonyl (C=O) groups excluding carboxylic acids is 1. The van der Waals surface area contributed by atoms with Gasteiger partial charge in [0.15, 0.2) is 6.29 Å². The first-order chi connectivity index (χ1) is 34.3. The fourth-order valence-corrected chi connectivity index (χ4v) is 7.89. The van der Waals surface area contributed by atoms with Crippen molar-refractivity contribution in [2.24, 2.45) is 0 Å². The Morgan fingerprint density at radius 1 is 0.500 bits per heavy atom. The van der Waals surface area contributed by atoms with Crippen LogP contribution in [0.2, 0.25) is 0 Å². The number of nitrogens with one attached hydrogen (secondary N) is 1. The van der Waals surface area contributed by atoms with Crippen LogP contribution in [0.25, 0.3) is 0 Å². The van der Waals surface area contributed by atoms with Crippen molar-refractivity contribution in [3.05, 3.63) is 122 Å². The molecule has 0 bridgehead atoms. The van der Waals surface area contributed by atoms with Gasteiger partial charge in [-0.2, -0.15) is 0 Å². The number of hydrogen-bond donors (Lipinski definition) is 6. The second-order valence-corrected chi connectivity index (χ2v) is 18.6. The molecule has 1 saturated heterocycles. The predicted octanol–water partition coefficient (Wildman–Crippen LogP) is 13.6. The summed E-state index contributed by atoms with van der Waals surface area (Å²) in [7, 11) is 0. The molecule has 0 radical (unpaired) electrons. The van der Waals surface area contributed by atoms with E-state index in [4.69, 9.17) is 9.47 Å². The Labute approximate surface area is 427 Å². The van der Waals surface area contributed by atoms with Crippen LogP contribution in [0, 0.1) is 0 Å². The van der Waals surface area contributed by atoms with Gasteiger partial charge in [-0.25, -0.2) is 0 Å². The lowest BCUT2D eigenvalue weighted by atomic mass is 9.99. The normalized spacial score (nSPS) is 20.4. The van der Waals surface area contributed by atoms with Crippen molar-refractivity contribution in [2.45, 2.75) is 243 Å². The predicted molar refractivity (Wildman–Crippen MR) is 294 cm³/mol. The number of aliphatic hydroxyl groups excluding tert-OH is 5. The third-order valence-corrected chi connectivity index (χ3v) is 12.3. The van der Waals surface area contributed by atoms with E-state index in [2.05, 4.69) is 129 Å². The quantitative estimate of drug-likeness (QED) is 0.0261. The molecular weight excluding hydrogens is 875 g/mol. The molecule has 7 atom stereocenters. The molecule has 0 saturated carbocycles. The van der Waals surface area contributed by atoms with Gasteiger partial charge < -0.3 is 40.3 Å². The number of rotatable bonds is 45. The molecule has 9 nitrogen and oxygen atoms in total. The van der Waals surface area contributed by atoms with Crippen molar-refractivity contribution in [3.63, 3.8) is 0 Å². The lowest BCUT2D eigenvalue weighted by Crippen LogP contribution is -2.60. The Morgan fingerprint density at radius 3 is 1.37 bits per heavy atom. The minimum absolute atomic E-state index is 0.227. The molecule has 1 aliphatic rings. The fourth-order valence-electron chi connectivity index (χ4n) is 7.89. The van der Waals surface area contributed by atoms with Crippen LogP contribution in [0.3, 0.4) is 0 Å². The van der Waals surface area contributed by atoms with E-state index in [-0.39, 0.29) is 18.9 Å². The minimum Gasteiger partial charge on any atom is -0.394 e. The zero-order valence-corrected chi connectivity index (χ0v) is 44.0. The third-order valence-electron chi connectivity index (χ3n) is 12.3. The van der Waals surface area contributed by atoms with E-state index in [0.29, 0.717) is 6.42 Å². The van der Waals surface area contributed by atoms with E-state index < -0.39 is 49.5 Å². The molecule has 70 heavy (non-hydrogen) atoms. The first kappa shape index (κ1) is 64.6. The zero-order valence-electron chi connectivity index (χ0n) is 44.0. The Hall–Kier alpha value is -3.41. The van der Waals surface area contributed by atoms with Crippen molar-refractivity contribution >= 4 is 5.91 Å². The Balaban J connectivity index is 2.34. The van der Waals surface area contributed by atoms with E-state index in [0.717, 1.165) is 83.5 Å². The largest absolute Gasteiger partial charge is 0.394 e. The van der Waals surface area contributed by atoms with Gasteiger partial charge in [-0.3, -0.25) is 4.79 Å². The average molecular weight is 976 g/mol. The van der Waals surface area contributed by atoms with Gasteiger partial charge in [0.1, 0.15) is 24.4 Å². The zero-order chi connectivity index (χ0) is 50.8. The number of aliphatic hydroxyl groups is 5. The van der Waals surface area contributed by atoms with Gasteiger partial charge in [0.2, 0.25) is 5.91 Å². The molecule has 0 spiro atoms. The van der Waals surface area contributed by atoms with Crippen LogP contribution in [-0.4, -0.2) is 87.5 Å². The molecule has 1 fully saturated rings. The summed E-state index contributed by atoms with van der Waals surface area (Å²) >= 11 is 0. The minimum atomic E-state index is -1.59. The van der Waals surface area contributed by atoms with Gasteiger partial charge in [0.25, 0.3) is 0 Å². The van der Waals surface area contributed by atoms with Gasteiger partial charge in [-0.15, -0.1) is 0 Å². The monoisotopic (exact) mass is 976 g/mol. The Morgan fingerprint density at radius 2 is 0.900 bits per heavy atom. The van der Waals surface area contributed by atoms with Crippen LogP contribution in [0.5, 0.6) is 0 Å². The van der Waals surface area contributed by atoms with Crippen LogP contribution < -0.4 is 5.32 Å². The molecule has 0 aromatic heterocycles. The molecule has 1 heterocycles. The summed E-state index contributed by atoms with van der Waals surface area (Å²) < 4.78 is 11.2. The Kier molecular flexibility index (Phi) is 45.4. The van der Waals surface area contributed by atoms with E-state index in [9.17, 15) is 30.3 Å². The second-order valence-electron chi connectivity index (χ2n) is 18.6. The van der Waals surface area contributed by atoms with Crippen molar-refractivity contribution in [1.82, 2.24) is 5.32 Å². The summed E-state index contributed by atoms with van der Waals surface area (Å²) in [5, 5.41) is 54.4. The molecule has 398 valence electrons. The highest BCUT2D eigenvalue weighted by atomic mass is 16.7. The first-order valence-corrected chi connectivity index (χ1v) is 27.8. The van der Waals surface area contributed by atoms with Crippen molar-refractivity contribution in [3.8, 4) is 0 Å². The maximum absolute atomic E-state index is 13.0. The summed E-state index contributed by atoms with van der Waals surface area (Å²) in [5.41, 5.74) is 0. The smallest absolute Gasteiger partial charge is 0.220 e. The summed E-state index contributed by atoms with van der Waals surface area (Å²) in [6.07, 6.45) is 66.8. The standard InChI is InChI=1S/C61H101NO8/c1-3-5-7-9-11-13-15-17-19-21-23-25-26-27-28-29-30-31-33-35-37-39-41-43-45-47-49-51-57(65)62-54(53-69-61-60(68)59(67)58(66)56(52-63)70-61)55(64)50-48-46-44-42-40-38-36-34-32-24-22-20-18-16-14-12-10-8-6-4-2/h5,7,11,13,17,19,23,25,27-28,30-31,35,37,40-43,48,50,54-56,58-61,63-64,66-68H,3-4,6,8-10,12,14-16,18,20-22,24,26,29,32-34,36,38-39,44-47,49,51-53H2,1-2H3,(H,62,65)/b7-5-,13-11-,19-17-,25-23-,28-27-,31-30-,37-35-,42-40+,43-41-,50-48+. The molecule has 9 heteroatoms. The highest BCUT2D eigenvalue weighted by Gasteiger charge is 2.44. The van der Waals surface area contributed by atoms with Crippen LogP contribution in [0.4, 0.5) is 0 Å². The highest BCUT2D eigenvalue weighted by Crippen LogP contribution is 2.22. The molecule has 6 N–H and O–H groups in total. The highest BCUT2D eigenvalue weighted by molar-refractivity contribution is 5.76. The van der Waals surface area contributed by atoms with E-state index in [1.807, 2.05) is 6.08 Å². The summed E-state index contributed by atoms with van der Waals surface area (Å²) in [4.78, 5) is 13.0. The van der Waals surface area contributed by atoms with Gasteiger partial charge >= 0.3 is 0 Å². The summed E-state index contributed by atoms with van der Waals surface area (Å²) in [6, 6.07) is -0.855. The SMILES string of the molecule is CC/C=C\C/C=C\C/C=C\C/C=C\C/C=C\C/C=C\C/C=C\C/C=C\CCCCC(=O)NC(COC1OC(CO)C(O)C(O)C1O)C(O)/C=C/CC/C=C/CCCCCCCCCCCCCCCC. The number of ether oxygens (including phenoxy) is 2. The van der Waals surface area contributed by atoms with E-state index in [1.165, 1.54) is 89.9 Å². The van der Waals surface area contributed by atoms with Crippen molar-refractivity contribution < 1.29 is 39.8 Å². The van der Waals surface area contributed by atoms with Crippen LogP contribution in [0.15, 0.2) is 122 Å². The van der Waals surface area contributed by atoms with Gasteiger partial charge in [0, 0.05) is 6.42 Å². The summed E-state index contributed by atoms with van der Waals surface area (Å²) in [5.74, 6) is -0.234. The Bertz CT molecular complexity index is 1510. The lowest BCUT2D eigenvalue weighted by Gasteiger charge is -2.40. The van der Waals surface area contributed by atoms with Crippen LogP contribution >= 0.6 is 0 Å². The number of allylic oxidation sites excluding steroid dienone is 19. The molecule has 0 aliphatic carbocycles. The lowest BCUT2D eigenvalue weighted by molar-refractivity contribution is -0.302. The van der Waals surface area contributed by atoms with Gasteiger partial charge in [-0.05, 0) is 96.3 Å². The molecule has 1 rings (SSSR count). The van der Waals surface area contributed by atoms with Gasteiger partial charge in [-0.1, -0.05) is 219 Å². The molecule has 1 amide bonds. The van der Waals surface area contributed by atoms with Crippen molar-refractivity contribution in [1.29, 1.82) is 0 Å². The summed E-state index contributed by atoms with van der Waals surface area (Å²) in [6.45, 7) is 3.62. The van der Waals surface area contributed by atoms with Gasteiger partial charge in [0.05, 0.1) is 25.4 Å². The molecule has 1 aliphatic heterocycles. The molecule has 7 unspecified atom stereocenters. The molecular formula is C61H101NO8. The molecule has 0 aromatic carbocycles. The fraction of sp³-hybridized carbons (Fsp3) is 0.656. The van der Waals surface area contributed by atoms with E-state index in [1.54, 1.807) is 6.08 Å². The molecule has 0 aromatic rings. The van der Waals surface area contributed by atoms with Crippen LogP contribution in [0.1, 0.15) is 200 Å².